The molecule has 8 heteroatoms. The first-order chi connectivity index (χ1) is 9.63. The van der Waals surface area contributed by atoms with Gasteiger partial charge in [-0.15, -0.1) is 11.3 Å². The van der Waals surface area contributed by atoms with E-state index in [1.165, 1.54) is 10.4 Å². The molecule has 1 aliphatic heterocycles. The Labute approximate surface area is 129 Å². The first kappa shape index (κ1) is 16.4. The third kappa shape index (κ3) is 3.45. The highest BCUT2D eigenvalue weighted by atomic mass is 32.2. The monoisotopic (exact) mass is 332 g/mol. The first-order valence-electron chi connectivity index (χ1n) is 6.65. The molecule has 0 bridgehead atoms. The van der Waals surface area contributed by atoms with Gasteiger partial charge in [0.2, 0.25) is 0 Å². The highest BCUT2D eigenvalue weighted by Gasteiger charge is 2.37. The van der Waals surface area contributed by atoms with Crippen LogP contribution in [0.25, 0.3) is 0 Å². The zero-order chi connectivity index (χ0) is 15.8. The molecular weight excluding hydrogens is 312 g/mol. The summed E-state index contributed by atoms with van der Waals surface area (Å²) < 4.78 is 27.0. The van der Waals surface area contributed by atoms with Gasteiger partial charge in [0, 0.05) is 30.1 Å². The van der Waals surface area contributed by atoms with Crippen LogP contribution in [0.5, 0.6) is 0 Å². The fraction of sp³-hybridized carbons (Fsp3) is 0.615. The highest BCUT2D eigenvalue weighted by molar-refractivity contribution is 7.91. The predicted octanol–water partition coefficient (Wildman–Crippen LogP) is 1.09. The minimum atomic E-state index is -3.54. The Balaban J connectivity index is 2.22. The standard InChI is InChI=1S/C13H20N2O4S2/c1-13(2)9-15(7-6-14(13)3)21(18,19)12-5-4-10(20-12)8-11(16)17/h4-5H,6-9H2,1-3H3,(H,16,17). The minimum Gasteiger partial charge on any atom is -0.481 e. The van der Waals surface area contributed by atoms with Crippen molar-refractivity contribution in [3.63, 3.8) is 0 Å². The summed E-state index contributed by atoms with van der Waals surface area (Å²) in [6.45, 7) is 5.59. The van der Waals surface area contributed by atoms with Crippen molar-refractivity contribution in [2.24, 2.45) is 0 Å². The highest BCUT2D eigenvalue weighted by Crippen LogP contribution is 2.29. The van der Waals surface area contributed by atoms with E-state index in [4.69, 9.17) is 5.11 Å². The lowest BCUT2D eigenvalue weighted by Crippen LogP contribution is -2.58. The van der Waals surface area contributed by atoms with Crippen LogP contribution in [0.2, 0.25) is 0 Å². The molecule has 21 heavy (non-hydrogen) atoms. The van der Waals surface area contributed by atoms with Gasteiger partial charge in [0.1, 0.15) is 4.21 Å². The molecule has 1 aromatic rings. The van der Waals surface area contributed by atoms with Crippen LogP contribution >= 0.6 is 11.3 Å². The van der Waals surface area contributed by atoms with E-state index in [2.05, 4.69) is 4.90 Å². The van der Waals surface area contributed by atoms with Crippen LogP contribution in [-0.4, -0.2) is 60.9 Å². The average molecular weight is 332 g/mol. The Morgan fingerprint density at radius 3 is 2.62 bits per heavy atom. The Hall–Kier alpha value is -0.960. The normalized spacial score (nSPS) is 20.5. The van der Waals surface area contributed by atoms with Crippen LogP contribution in [0.1, 0.15) is 18.7 Å². The molecule has 0 atom stereocenters. The van der Waals surface area contributed by atoms with E-state index in [0.717, 1.165) is 11.3 Å². The number of hydrogen-bond donors (Lipinski definition) is 1. The molecule has 1 fully saturated rings. The zero-order valence-electron chi connectivity index (χ0n) is 12.4. The van der Waals surface area contributed by atoms with Crippen molar-refractivity contribution >= 4 is 27.3 Å². The third-order valence-electron chi connectivity index (χ3n) is 3.84. The lowest BCUT2D eigenvalue weighted by molar-refractivity contribution is -0.136. The molecule has 0 radical (unpaired) electrons. The quantitative estimate of drug-likeness (QED) is 0.893. The van der Waals surface area contributed by atoms with E-state index in [9.17, 15) is 13.2 Å². The van der Waals surface area contributed by atoms with Gasteiger partial charge >= 0.3 is 5.97 Å². The van der Waals surface area contributed by atoms with Crippen LogP contribution in [0.4, 0.5) is 0 Å². The van der Waals surface area contributed by atoms with Crippen LogP contribution in [0, 0.1) is 0 Å². The fourth-order valence-electron chi connectivity index (χ4n) is 2.27. The summed E-state index contributed by atoms with van der Waals surface area (Å²) in [6, 6.07) is 3.08. The average Bonchev–Trinajstić information content (AvgIpc) is 2.80. The Morgan fingerprint density at radius 2 is 2.05 bits per heavy atom. The third-order valence-corrected chi connectivity index (χ3v) is 7.24. The Morgan fingerprint density at radius 1 is 1.38 bits per heavy atom. The molecular formula is C13H20N2O4S2. The number of piperazine rings is 1. The van der Waals surface area contributed by atoms with E-state index in [1.807, 2.05) is 20.9 Å². The second kappa shape index (κ2) is 5.68. The van der Waals surface area contributed by atoms with Crippen molar-refractivity contribution in [2.75, 3.05) is 26.7 Å². The maximum absolute atomic E-state index is 12.7. The van der Waals surface area contributed by atoms with Gasteiger partial charge in [-0.3, -0.25) is 9.69 Å². The molecule has 1 aliphatic rings. The topological polar surface area (TPSA) is 77.9 Å². The number of aliphatic carboxylic acids is 1. The molecule has 6 nitrogen and oxygen atoms in total. The number of carboxylic acid groups (broad SMARTS) is 1. The fourth-order valence-corrected chi connectivity index (χ4v) is 5.36. The van der Waals surface area contributed by atoms with Gasteiger partial charge in [-0.05, 0) is 33.0 Å². The van der Waals surface area contributed by atoms with E-state index in [-0.39, 0.29) is 16.2 Å². The molecule has 0 aliphatic carbocycles. The summed E-state index contributed by atoms with van der Waals surface area (Å²) in [4.78, 5) is 13.4. The van der Waals surface area contributed by atoms with Crippen LogP contribution in [0.15, 0.2) is 16.3 Å². The maximum Gasteiger partial charge on any atom is 0.308 e. The summed E-state index contributed by atoms with van der Waals surface area (Å²) in [5.74, 6) is -0.957. The maximum atomic E-state index is 12.7. The number of sulfonamides is 1. The van der Waals surface area contributed by atoms with Gasteiger partial charge in [-0.2, -0.15) is 4.31 Å². The van der Waals surface area contributed by atoms with Crippen LogP contribution < -0.4 is 0 Å². The molecule has 1 N–H and O–H groups in total. The molecule has 1 aromatic heterocycles. The Bertz CT molecular complexity index is 636. The number of nitrogens with zero attached hydrogens (tertiary/aromatic N) is 2. The number of carboxylic acids is 1. The van der Waals surface area contributed by atoms with Crippen molar-refractivity contribution in [1.29, 1.82) is 0 Å². The van der Waals surface area contributed by atoms with Crippen molar-refractivity contribution in [3.05, 3.63) is 17.0 Å². The number of rotatable bonds is 4. The van der Waals surface area contributed by atoms with E-state index < -0.39 is 16.0 Å². The zero-order valence-corrected chi connectivity index (χ0v) is 14.0. The van der Waals surface area contributed by atoms with Gasteiger partial charge in [-0.1, -0.05) is 0 Å². The predicted molar refractivity (Wildman–Crippen MR) is 81.1 cm³/mol. The largest absolute Gasteiger partial charge is 0.481 e. The van der Waals surface area contributed by atoms with E-state index in [0.29, 0.717) is 24.5 Å². The van der Waals surface area contributed by atoms with Crippen molar-refractivity contribution < 1.29 is 18.3 Å². The number of thiophene rings is 1. The summed E-state index contributed by atoms with van der Waals surface area (Å²) in [7, 11) is -1.55. The lowest BCUT2D eigenvalue weighted by Gasteiger charge is -2.44. The second-order valence-corrected chi connectivity index (χ2v) is 9.20. The van der Waals surface area contributed by atoms with E-state index in [1.54, 1.807) is 6.07 Å². The van der Waals surface area contributed by atoms with Crippen molar-refractivity contribution in [3.8, 4) is 0 Å². The molecule has 0 spiro atoms. The molecule has 0 saturated carbocycles. The first-order valence-corrected chi connectivity index (χ1v) is 8.90. The van der Waals surface area contributed by atoms with Crippen LogP contribution in [0.3, 0.4) is 0 Å². The van der Waals surface area contributed by atoms with Crippen molar-refractivity contribution in [2.45, 2.75) is 30.0 Å². The lowest BCUT2D eigenvalue weighted by atomic mass is 10.0. The summed E-state index contributed by atoms with van der Waals surface area (Å²) >= 11 is 1.04. The molecule has 0 aromatic carbocycles. The molecule has 2 heterocycles. The van der Waals surface area contributed by atoms with Gasteiger partial charge in [-0.25, -0.2) is 8.42 Å². The van der Waals surface area contributed by atoms with Gasteiger partial charge in [0.25, 0.3) is 10.0 Å². The van der Waals surface area contributed by atoms with Crippen LogP contribution in [-0.2, 0) is 21.2 Å². The number of carbonyl (C=O) groups is 1. The summed E-state index contributed by atoms with van der Waals surface area (Å²) in [6.07, 6.45) is -0.144. The number of likely N-dealkylation sites (N-methyl/N-ethyl adjacent to an activating group) is 1. The smallest absolute Gasteiger partial charge is 0.308 e. The van der Waals surface area contributed by atoms with Gasteiger partial charge in [0.15, 0.2) is 0 Å². The van der Waals surface area contributed by atoms with Gasteiger partial charge in [0.05, 0.1) is 6.42 Å². The Kier molecular flexibility index (Phi) is 4.44. The molecule has 1 saturated heterocycles. The summed E-state index contributed by atoms with van der Waals surface area (Å²) in [5.41, 5.74) is -0.216. The molecule has 0 unspecified atom stereocenters. The SMILES string of the molecule is CN1CCN(S(=O)(=O)c2ccc(CC(=O)O)s2)CC1(C)C. The molecule has 0 amide bonds. The second-order valence-electron chi connectivity index (χ2n) is 5.86. The van der Waals surface area contributed by atoms with Crippen molar-refractivity contribution in [1.82, 2.24) is 9.21 Å². The minimum absolute atomic E-state index is 0.144. The van der Waals surface area contributed by atoms with E-state index >= 15 is 0 Å². The molecule has 118 valence electrons. The summed E-state index contributed by atoms with van der Waals surface area (Å²) in [5, 5.41) is 8.77. The molecule has 2 rings (SSSR count). The number of hydrogen-bond acceptors (Lipinski definition) is 5. The van der Waals surface area contributed by atoms with Gasteiger partial charge < -0.3 is 5.11 Å².